The van der Waals surface area contributed by atoms with Gasteiger partial charge >= 0.3 is 0 Å². The molecule has 8 unspecified atom stereocenters. The van der Waals surface area contributed by atoms with Gasteiger partial charge in [-0.1, -0.05) is 0 Å². The van der Waals surface area contributed by atoms with Crippen LogP contribution >= 0.6 is 0 Å². The summed E-state index contributed by atoms with van der Waals surface area (Å²) in [5.41, 5.74) is 2.98. The second-order valence-electron chi connectivity index (χ2n) is 14.8. The SMILES string of the molecule is COc1cc(C2C3C(=O)C4C(C(=O)C3C2c2cc(OC)c(OC)c(OC)c2)C(c2cc(OC)c(OC)c(OC)c2)C4c2cc(OC)c(OC)c(OC)c2)cc(OC)c1OC. The van der Waals surface area contributed by atoms with Crippen LogP contribution in [0.2, 0.25) is 0 Å². The minimum absolute atomic E-state index is 0.0329. The smallest absolute Gasteiger partial charge is 0.203 e. The number of fused-ring (bicyclic) bond motifs is 2. The first kappa shape index (κ1) is 42.0. The van der Waals surface area contributed by atoms with Gasteiger partial charge in [-0.05, 0) is 70.8 Å². The summed E-state index contributed by atoms with van der Waals surface area (Å²) in [5, 5.41) is 0. The zero-order valence-electron chi connectivity index (χ0n) is 36.0. The number of methoxy groups -OCH3 is 12. The van der Waals surface area contributed by atoms with Crippen molar-refractivity contribution in [3.63, 3.8) is 0 Å². The molecule has 0 spiro atoms. The topological polar surface area (TPSA) is 145 Å². The summed E-state index contributed by atoms with van der Waals surface area (Å²) >= 11 is 0. The quantitative estimate of drug-likeness (QED) is 0.116. The maximum atomic E-state index is 15.6. The first-order valence-corrected chi connectivity index (χ1v) is 19.4. The predicted octanol–water partition coefficient (Wildman–Crippen LogP) is 6.87. The van der Waals surface area contributed by atoms with Gasteiger partial charge in [-0.3, -0.25) is 9.59 Å². The van der Waals surface area contributed by atoms with Crippen molar-refractivity contribution in [2.75, 3.05) is 85.3 Å². The van der Waals surface area contributed by atoms with Crippen LogP contribution < -0.4 is 56.8 Å². The Balaban J connectivity index is 1.46. The van der Waals surface area contributed by atoms with E-state index in [-0.39, 0.29) is 11.6 Å². The maximum absolute atomic E-state index is 15.6. The van der Waals surface area contributed by atoms with Gasteiger partial charge in [0.1, 0.15) is 11.6 Å². The van der Waals surface area contributed by atoms with Gasteiger partial charge in [-0.15, -0.1) is 0 Å². The molecule has 0 N–H and O–H groups in total. The van der Waals surface area contributed by atoms with E-state index in [2.05, 4.69) is 0 Å². The van der Waals surface area contributed by atoms with Gasteiger partial charge in [0, 0.05) is 47.3 Å². The molecule has 3 aliphatic rings. The Hall–Kier alpha value is -6.18. The Bertz CT molecular complexity index is 1870. The first-order chi connectivity index (χ1) is 29.1. The first-order valence-electron chi connectivity index (χ1n) is 19.4. The van der Waals surface area contributed by atoms with Crippen molar-refractivity contribution in [3.05, 3.63) is 70.8 Å². The molecule has 0 radical (unpaired) electrons. The van der Waals surface area contributed by atoms with Crippen molar-refractivity contribution >= 4 is 11.6 Å². The lowest BCUT2D eigenvalue weighted by atomic mass is 9.37. The molecule has 14 nitrogen and oxygen atoms in total. The third-order valence-corrected chi connectivity index (χ3v) is 12.7. The number of ketones is 2. The van der Waals surface area contributed by atoms with Gasteiger partial charge in [0.15, 0.2) is 46.0 Å². The molecule has 4 aromatic carbocycles. The van der Waals surface area contributed by atoms with Crippen LogP contribution in [0, 0.1) is 23.7 Å². The molecule has 8 atom stereocenters. The highest BCUT2D eigenvalue weighted by molar-refractivity contribution is 6.05. The van der Waals surface area contributed by atoms with Crippen molar-refractivity contribution < 1.29 is 66.4 Å². The molecule has 0 heterocycles. The lowest BCUT2D eigenvalue weighted by Crippen LogP contribution is -2.66. The number of carbonyl (C=O) groups is 2. The molecule has 0 aromatic heterocycles. The van der Waals surface area contributed by atoms with Crippen LogP contribution in [0.4, 0.5) is 0 Å². The molecule has 320 valence electrons. The summed E-state index contributed by atoms with van der Waals surface area (Å²) in [6, 6.07) is 14.8. The maximum Gasteiger partial charge on any atom is 0.203 e. The Labute approximate surface area is 349 Å². The molecule has 0 saturated heterocycles. The fourth-order valence-electron chi connectivity index (χ4n) is 10.2. The molecule has 14 heteroatoms. The molecule has 60 heavy (non-hydrogen) atoms. The van der Waals surface area contributed by atoms with E-state index in [9.17, 15) is 0 Å². The molecule has 0 amide bonds. The fraction of sp³-hybridized carbons (Fsp3) is 0.435. The van der Waals surface area contributed by atoms with Crippen molar-refractivity contribution in [2.24, 2.45) is 23.7 Å². The van der Waals surface area contributed by atoms with Crippen LogP contribution in [0.5, 0.6) is 69.0 Å². The van der Waals surface area contributed by atoms with E-state index in [4.69, 9.17) is 56.8 Å². The molecule has 3 fully saturated rings. The van der Waals surface area contributed by atoms with Crippen molar-refractivity contribution in [2.45, 2.75) is 23.7 Å². The number of carbonyl (C=O) groups excluding carboxylic acids is 2. The van der Waals surface area contributed by atoms with Crippen LogP contribution in [0.15, 0.2) is 48.5 Å². The number of hydrogen-bond acceptors (Lipinski definition) is 14. The van der Waals surface area contributed by atoms with Crippen LogP contribution in [-0.2, 0) is 9.59 Å². The van der Waals surface area contributed by atoms with E-state index in [0.29, 0.717) is 69.0 Å². The van der Waals surface area contributed by atoms with Crippen molar-refractivity contribution in [1.29, 1.82) is 0 Å². The van der Waals surface area contributed by atoms with Crippen LogP contribution in [0.3, 0.4) is 0 Å². The van der Waals surface area contributed by atoms with E-state index in [1.807, 2.05) is 48.5 Å². The molecule has 3 aliphatic carbocycles. The third kappa shape index (κ3) is 6.29. The number of Topliss-reactive ketones (excluding diaryl/α,β-unsaturated/α-hetero) is 2. The van der Waals surface area contributed by atoms with Crippen LogP contribution in [-0.4, -0.2) is 96.9 Å². The Kier molecular flexibility index (Phi) is 11.8. The predicted molar refractivity (Wildman–Crippen MR) is 219 cm³/mol. The van der Waals surface area contributed by atoms with E-state index >= 15 is 9.59 Å². The summed E-state index contributed by atoms with van der Waals surface area (Å²) in [6.45, 7) is 0. The lowest BCUT2D eigenvalue weighted by Gasteiger charge is -2.63. The third-order valence-electron chi connectivity index (χ3n) is 12.7. The van der Waals surface area contributed by atoms with Gasteiger partial charge in [0.25, 0.3) is 0 Å². The highest BCUT2D eigenvalue weighted by Crippen LogP contribution is 2.71. The molecule has 0 aliphatic heterocycles. The minimum Gasteiger partial charge on any atom is -0.493 e. The molecule has 4 aromatic rings. The zero-order chi connectivity index (χ0) is 43.2. The summed E-state index contributed by atoms with van der Waals surface area (Å²) in [5.74, 6) is 0.124. The number of rotatable bonds is 16. The van der Waals surface area contributed by atoms with Gasteiger partial charge in [0.05, 0.1) is 85.3 Å². The van der Waals surface area contributed by atoms with Crippen molar-refractivity contribution in [1.82, 2.24) is 0 Å². The second-order valence-corrected chi connectivity index (χ2v) is 14.8. The van der Waals surface area contributed by atoms with Crippen LogP contribution in [0.1, 0.15) is 45.9 Å². The van der Waals surface area contributed by atoms with Gasteiger partial charge < -0.3 is 56.8 Å². The van der Waals surface area contributed by atoms with E-state index in [0.717, 1.165) is 22.3 Å². The monoisotopic (exact) mass is 828 g/mol. The molecular weight excluding hydrogens is 776 g/mol. The number of hydrogen-bond donors (Lipinski definition) is 0. The fourth-order valence-corrected chi connectivity index (χ4v) is 10.2. The summed E-state index contributed by atoms with van der Waals surface area (Å²) in [7, 11) is 18.5. The van der Waals surface area contributed by atoms with Crippen molar-refractivity contribution in [3.8, 4) is 69.0 Å². The Morgan fingerprint density at radius 2 is 0.400 bits per heavy atom. The second kappa shape index (κ2) is 16.8. The average Bonchev–Trinajstić information content (AvgIpc) is 3.26. The Morgan fingerprint density at radius 1 is 0.250 bits per heavy atom. The summed E-state index contributed by atoms with van der Waals surface area (Å²) in [4.78, 5) is 31.2. The van der Waals surface area contributed by atoms with E-state index < -0.39 is 47.3 Å². The summed E-state index contributed by atoms with van der Waals surface area (Å²) < 4.78 is 69.0. The molecule has 3 saturated carbocycles. The standard InChI is InChI=1S/C46H52O14/c1-49-25-13-21(14-26(50-2)43(25)57-9)33-34(22-15-27(51-3)44(58-10)28(16-22)52-4)38-37(33)41(47)39-35(23-17-29(53-5)45(59-11)30(18-23)54-6)36(40(39)42(38)48)24-19-31(55-7)46(60-12)32(20-24)56-8/h13-20,33-40H,1-12H3. The average molecular weight is 829 g/mol. The highest BCUT2D eigenvalue weighted by Gasteiger charge is 2.71. The van der Waals surface area contributed by atoms with Crippen LogP contribution in [0.25, 0.3) is 0 Å². The number of benzene rings is 4. The summed E-state index contributed by atoms with van der Waals surface area (Å²) in [6.07, 6.45) is 0. The van der Waals surface area contributed by atoms with Gasteiger partial charge in [-0.2, -0.15) is 0 Å². The van der Waals surface area contributed by atoms with E-state index in [1.165, 1.54) is 28.4 Å². The zero-order valence-corrected chi connectivity index (χ0v) is 36.0. The highest BCUT2D eigenvalue weighted by atomic mass is 16.5. The molecular formula is C46H52O14. The normalized spacial score (nSPS) is 23.7. The number of ether oxygens (including phenoxy) is 12. The molecule has 7 rings (SSSR count). The lowest BCUT2D eigenvalue weighted by molar-refractivity contribution is -0.168. The van der Waals surface area contributed by atoms with E-state index in [1.54, 1.807) is 56.9 Å². The minimum atomic E-state index is -0.712. The molecule has 0 bridgehead atoms. The van der Waals surface area contributed by atoms with Gasteiger partial charge in [0.2, 0.25) is 23.0 Å². The Morgan fingerprint density at radius 3 is 0.517 bits per heavy atom. The largest absolute Gasteiger partial charge is 0.493 e. The van der Waals surface area contributed by atoms with Gasteiger partial charge in [-0.25, -0.2) is 0 Å².